The van der Waals surface area contributed by atoms with Crippen LogP contribution in [-0.2, 0) is 6.54 Å². The highest BCUT2D eigenvalue weighted by molar-refractivity contribution is 6.30. The van der Waals surface area contributed by atoms with E-state index in [1.165, 1.54) is 4.90 Å². The summed E-state index contributed by atoms with van der Waals surface area (Å²) in [6.07, 6.45) is -0.673. The van der Waals surface area contributed by atoms with Gasteiger partial charge in [-0.05, 0) is 73.9 Å². The Kier molecular flexibility index (Phi) is 6.14. The molecule has 2 aromatic heterocycles. The van der Waals surface area contributed by atoms with Crippen LogP contribution in [0.3, 0.4) is 0 Å². The first kappa shape index (κ1) is 25.1. The highest BCUT2D eigenvalue weighted by atomic mass is 35.5. The van der Waals surface area contributed by atoms with Crippen LogP contribution >= 0.6 is 11.6 Å². The molecule has 7 nitrogen and oxygen atoms in total. The molecule has 0 unspecified atom stereocenters. The van der Waals surface area contributed by atoms with Crippen molar-refractivity contribution in [3.63, 3.8) is 0 Å². The van der Waals surface area contributed by atoms with E-state index < -0.39 is 12.1 Å². The lowest BCUT2D eigenvalue weighted by Crippen LogP contribution is -2.28. The molecule has 1 aliphatic heterocycles. The van der Waals surface area contributed by atoms with Crippen LogP contribution in [0.1, 0.15) is 44.2 Å². The van der Waals surface area contributed by atoms with Crippen molar-refractivity contribution in [3.8, 4) is 11.1 Å². The molecule has 0 bridgehead atoms. The summed E-state index contributed by atoms with van der Waals surface area (Å²) in [5, 5.41) is 6.10. The van der Waals surface area contributed by atoms with Crippen molar-refractivity contribution >= 4 is 45.2 Å². The Hall–Kier alpha value is -4.17. The molecule has 3 heterocycles. The number of rotatable bonds is 5. The summed E-state index contributed by atoms with van der Waals surface area (Å²) in [7, 11) is 0. The number of aryl methyl sites for hydroxylation is 2. The molecule has 5 aromatic rings. The predicted octanol–water partition coefficient (Wildman–Crippen LogP) is 6.05. The number of aromatic nitrogens is 2. The van der Waals surface area contributed by atoms with Crippen LogP contribution in [0, 0.1) is 13.8 Å². The first-order chi connectivity index (χ1) is 18.7. The quantitative estimate of drug-likeness (QED) is 0.291. The van der Waals surface area contributed by atoms with Crippen molar-refractivity contribution in [1.82, 2.24) is 14.6 Å². The third kappa shape index (κ3) is 4.34. The van der Waals surface area contributed by atoms with Crippen LogP contribution in [-0.4, -0.2) is 45.7 Å². The van der Waals surface area contributed by atoms with E-state index in [1.54, 1.807) is 18.2 Å². The van der Waals surface area contributed by atoms with Gasteiger partial charge in [-0.25, -0.2) is 4.39 Å². The van der Waals surface area contributed by atoms with Crippen LogP contribution in [0.25, 0.3) is 32.9 Å². The van der Waals surface area contributed by atoms with Gasteiger partial charge in [0.1, 0.15) is 11.9 Å². The number of amides is 2. The number of likely N-dealkylation sites (tertiary alicyclic amines) is 1. The zero-order valence-corrected chi connectivity index (χ0v) is 22.3. The number of hydrogen-bond acceptors (Lipinski definition) is 4. The molecule has 9 heteroatoms. The molecule has 0 radical (unpaired) electrons. The fraction of sp³-hybridized carbons (Fsp3) is 0.233. The first-order valence-electron chi connectivity index (χ1n) is 12.7. The monoisotopic (exact) mass is 544 g/mol. The number of primary amides is 1. The Morgan fingerprint density at radius 3 is 2.51 bits per heavy atom. The van der Waals surface area contributed by atoms with Gasteiger partial charge in [-0.2, -0.15) is 0 Å². The highest BCUT2D eigenvalue weighted by Crippen LogP contribution is 2.38. The number of carbonyl (C=O) groups excluding carboxylic acids is 2. The Morgan fingerprint density at radius 1 is 1.10 bits per heavy atom. The average Bonchev–Trinajstić information content (AvgIpc) is 3.59. The SMILES string of the molecule is Cc1noc(C)c1-c1cc(C(N)=O)c2c3cc(C(=O)N4CC[C@H](F)C4)ccc3n(Cc3ccc(Cl)cc3)c2c1. The molecule has 0 aliphatic carbocycles. The topological polar surface area (TPSA) is 94.4 Å². The molecule has 1 atom stereocenters. The van der Waals surface area contributed by atoms with Crippen molar-refractivity contribution < 1.29 is 18.5 Å². The van der Waals surface area contributed by atoms with Crippen molar-refractivity contribution in [2.75, 3.05) is 13.1 Å². The molecule has 2 amide bonds. The largest absolute Gasteiger partial charge is 0.366 e. The van der Waals surface area contributed by atoms with Gasteiger partial charge in [-0.3, -0.25) is 9.59 Å². The molecular weight excluding hydrogens is 519 g/mol. The smallest absolute Gasteiger partial charge is 0.253 e. The predicted molar refractivity (Wildman–Crippen MR) is 149 cm³/mol. The Morgan fingerprint density at radius 2 is 1.87 bits per heavy atom. The Balaban J connectivity index is 1.62. The molecule has 39 heavy (non-hydrogen) atoms. The number of benzene rings is 3. The van der Waals surface area contributed by atoms with Crippen LogP contribution in [0.5, 0.6) is 0 Å². The average molecular weight is 545 g/mol. The molecule has 2 N–H and O–H groups in total. The summed E-state index contributed by atoms with van der Waals surface area (Å²) in [6.45, 7) is 4.63. The zero-order valence-electron chi connectivity index (χ0n) is 21.5. The second-order valence-corrected chi connectivity index (χ2v) is 10.5. The molecule has 6 rings (SSSR count). The lowest BCUT2D eigenvalue weighted by atomic mass is 9.97. The molecule has 1 aliphatic rings. The molecule has 0 spiro atoms. The van der Waals surface area contributed by atoms with Gasteiger partial charge in [0.2, 0.25) is 5.91 Å². The van der Waals surface area contributed by atoms with E-state index in [4.69, 9.17) is 21.9 Å². The molecular formula is C30H26ClFN4O3. The van der Waals surface area contributed by atoms with E-state index in [-0.39, 0.29) is 12.5 Å². The fourth-order valence-corrected chi connectivity index (χ4v) is 5.74. The van der Waals surface area contributed by atoms with Gasteiger partial charge in [0.25, 0.3) is 5.91 Å². The minimum Gasteiger partial charge on any atom is -0.366 e. The van der Waals surface area contributed by atoms with Gasteiger partial charge < -0.3 is 19.7 Å². The van der Waals surface area contributed by atoms with E-state index in [2.05, 4.69) is 9.72 Å². The molecule has 198 valence electrons. The number of hydrogen-bond donors (Lipinski definition) is 1. The maximum absolute atomic E-state index is 13.8. The standard InChI is InChI=1S/C30H26ClFN4O3/c1-16-27(17(2)39-34-16)20-12-24(29(33)37)28-23-11-19(30(38)35-10-9-22(32)15-35)5-8-25(23)36(26(28)13-20)14-18-3-6-21(31)7-4-18/h3-8,11-13,22H,9-10,14-15H2,1-2H3,(H2,33,37)/t22-/m0/s1. The summed E-state index contributed by atoms with van der Waals surface area (Å²) in [4.78, 5) is 27.6. The summed E-state index contributed by atoms with van der Waals surface area (Å²) in [5.41, 5.74) is 11.6. The van der Waals surface area contributed by atoms with Crippen molar-refractivity contribution in [2.24, 2.45) is 5.73 Å². The van der Waals surface area contributed by atoms with E-state index in [1.807, 2.05) is 50.2 Å². The van der Waals surface area contributed by atoms with Gasteiger partial charge in [-0.1, -0.05) is 28.9 Å². The minimum absolute atomic E-state index is 0.0858. The second kappa shape index (κ2) is 9.54. The highest BCUT2D eigenvalue weighted by Gasteiger charge is 2.28. The van der Waals surface area contributed by atoms with Crippen molar-refractivity contribution in [3.05, 3.63) is 87.8 Å². The van der Waals surface area contributed by atoms with Crippen LogP contribution in [0.4, 0.5) is 4.39 Å². The van der Waals surface area contributed by atoms with Gasteiger partial charge in [0, 0.05) is 51.1 Å². The molecule has 3 aromatic carbocycles. The number of nitrogens with two attached hydrogens (primary N) is 1. The molecule has 0 saturated carbocycles. The number of halogens is 2. The molecule has 1 saturated heterocycles. The third-order valence-electron chi connectivity index (χ3n) is 7.47. The van der Waals surface area contributed by atoms with Gasteiger partial charge in [0.05, 0.1) is 17.8 Å². The van der Waals surface area contributed by atoms with Crippen molar-refractivity contribution in [1.29, 1.82) is 0 Å². The van der Waals surface area contributed by atoms with Crippen LogP contribution in [0.2, 0.25) is 5.02 Å². The van der Waals surface area contributed by atoms with Gasteiger partial charge in [-0.15, -0.1) is 0 Å². The number of alkyl halides is 1. The zero-order chi connectivity index (χ0) is 27.4. The van der Waals surface area contributed by atoms with E-state index in [9.17, 15) is 14.0 Å². The Bertz CT molecular complexity index is 1750. The number of fused-ring (bicyclic) bond motifs is 3. The van der Waals surface area contributed by atoms with E-state index >= 15 is 0 Å². The van der Waals surface area contributed by atoms with Gasteiger partial charge >= 0.3 is 0 Å². The first-order valence-corrected chi connectivity index (χ1v) is 13.1. The summed E-state index contributed by atoms with van der Waals surface area (Å²) in [6, 6.07) is 16.7. The van der Waals surface area contributed by atoms with Gasteiger partial charge in [0.15, 0.2) is 0 Å². The lowest BCUT2D eigenvalue weighted by molar-refractivity contribution is 0.0782. The molecule has 1 fully saturated rings. The maximum Gasteiger partial charge on any atom is 0.253 e. The Labute approximate surface area is 228 Å². The summed E-state index contributed by atoms with van der Waals surface area (Å²) < 4.78 is 21.3. The summed E-state index contributed by atoms with van der Waals surface area (Å²) in [5.74, 6) is -0.188. The fourth-order valence-electron chi connectivity index (χ4n) is 5.62. The van der Waals surface area contributed by atoms with Crippen LogP contribution < -0.4 is 5.73 Å². The minimum atomic E-state index is -1.01. The van der Waals surface area contributed by atoms with Crippen LogP contribution in [0.15, 0.2) is 59.1 Å². The summed E-state index contributed by atoms with van der Waals surface area (Å²) >= 11 is 6.12. The number of nitrogens with zero attached hydrogens (tertiary/aromatic N) is 3. The third-order valence-corrected chi connectivity index (χ3v) is 7.72. The lowest BCUT2D eigenvalue weighted by Gasteiger charge is -2.15. The maximum atomic E-state index is 13.8. The van der Waals surface area contributed by atoms with E-state index in [0.29, 0.717) is 52.5 Å². The number of carbonyl (C=O) groups is 2. The second-order valence-electron chi connectivity index (χ2n) is 10.1. The van der Waals surface area contributed by atoms with E-state index in [0.717, 1.165) is 33.1 Å². The normalized spacial score (nSPS) is 15.5. The van der Waals surface area contributed by atoms with Crippen molar-refractivity contribution in [2.45, 2.75) is 33.0 Å².